The van der Waals surface area contributed by atoms with E-state index in [9.17, 15) is 9.59 Å². The lowest BCUT2D eigenvalue weighted by Gasteiger charge is -2.21. The van der Waals surface area contributed by atoms with E-state index in [0.717, 1.165) is 25.7 Å². The minimum atomic E-state index is -0.771. The zero-order valence-corrected chi connectivity index (χ0v) is 19.5. The summed E-state index contributed by atoms with van der Waals surface area (Å²) in [7, 11) is 0. The molecular formula is C24H28ClN5O4. The fourth-order valence-electron chi connectivity index (χ4n) is 4.22. The molecule has 2 heterocycles. The summed E-state index contributed by atoms with van der Waals surface area (Å²) in [6.45, 7) is 0.613. The third-order valence-corrected chi connectivity index (χ3v) is 6.24. The second kappa shape index (κ2) is 11.3. The molecule has 1 amide bonds. The molecule has 2 N–H and O–H groups in total. The van der Waals surface area contributed by atoms with Crippen LogP contribution in [-0.2, 0) is 11.3 Å². The smallest absolute Gasteiger partial charge is 0.271 e. The van der Waals surface area contributed by atoms with E-state index in [4.69, 9.17) is 21.4 Å². The number of carbonyl (C=O) groups excluding carboxylic acids is 1. The van der Waals surface area contributed by atoms with Crippen molar-refractivity contribution < 1.29 is 14.6 Å². The molecule has 4 rings (SSSR count). The number of nitrogens with one attached hydrogen (secondary N) is 1. The van der Waals surface area contributed by atoms with Crippen molar-refractivity contribution >= 4 is 23.3 Å². The Bertz CT molecular complexity index is 1170. The van der Waals surface area contributed by atoms with Crippen molar-refractivity contribution in [2.75, 3.05) is 11.9 Å². The van der Waals surface area contributed by atoms with Gasteiger partial charge in [-0.25, -0.2) is 4.68 Å². The van der Waals surface area contributed by atoms with E-state index in [0.29, 0.717) is 41.9 Å². The summed E-state index contributed by atoms with van der Waals surface area (Å²) in [5, 5.41) is 20.8. The Morgan fingerprint density at radius 1 is 1.26 bits per heavy atom. The number of aromatic nitrogens is 4. The van der Waals surface area contributed by atoms with Gasteiger partial charge in [0.05, 0.1) is 11.2 Å². The minimum Gasteiger partial charge on any atom is -0.454 e. The molecule has 3 aromatic rings. The van der Waals surface area contributed by atoms with Crippen LogP contribution < -0.4 is 15.6 Å². The number of ether oxygens (including phenoxy) is 1. The molecule has 0 saturated heterocycles. The fourth-order valence-corrected chi connectivity index (χ4v) is 4.39. The number of para-hydroxylation sites is 1. The second-order valence-corrected chi connectivity index (χ2v) is 8.85. The summed E-state index contributed by atoms with van der Waals surface area (Å²) in [5.41, 5.74) is -0.434. The molecule has 1 unspecified atom stereocenters. The molecule has 1 aliphatic carbocycles. The van der Waals surface area contributed by atoms with Gasteiger partial charge >= 0.3 is 0 Å². The molecule has 1 aromatic carbocycles. The van der Waals surface area contributed by atoms with Crippen LogP contribution in [0.2, 0.25) is 5.02 Å². The molecular weight excluding hydrogens is 458 g/mol. The van der Waals surface area contributed by atoms with Gasteiger partial charge in [0.15, 0.2) is 11.6 Å². The number of aliphatic hydroxyl groups is 1. The minimum absolute atomic E-state index is 0.0653. The van der Waals surface area contributed by atoms with Crippen LogP contribution in [0.15, 0.2) is 53.6 Å². The highest BCUT2D eigenvalue weighted by Crippen LogP contribution is 2.32. The lowest BCUT2D eigenvalue weighted by molar-refractivity contribution is -0.120. The van der Waals surface area contributed by atoms with Crippen LogP contribution in [0, 0.1) is 5.92 Å². The van der Waals surface area contributed by atoms with Gasteiger partial charge in [0.1, 0.15) is 11.8 Å². The number of aliphatic hydroxyl groups excluding tert-OH is 1. The molecule has 1 aliphatic rings. The molecule has 0 aliphatic heterocycles. The Morgan fingerprint density at radius 3 is 2.79 bits per heavy atom. The molecule has 180 valence electrons. The monoisotopic (exact) mass is 485 g/mol. The number of anilines is 1. The molecule has 1 fully saturated rings. The van der Waals surface area contributed by atoms with Crippen LogP contribution >= 0.6 is 11.6 Å². The van der Waals surface area contributed by atoms with Gasteiger partial charge in [-0.2, -0.15) is 10.2 Å². The number of benzene rings is 1. The lowest BCUT2D eigenvalue weighted by Crippen LogP contribution is -2.36. The largest absolute Gasteiger partial charge is 0.454 e. The molecule has 0 radical (unpaired) electrons. The molecule has 10 heteroatoms. The third kappa shape index (κ3) is 6.03. The number of aryl methyl sites for hydroxylation is 1. The number of nitrogens with zero attached hydrogens (tertiary/aromatic N) is 4. The predicted octanol–water partition coefficient (Wildman–Crippen LogP) is 4.03. The number of amides is 1. The highest BCUT2D eigenvalue weighted by atomic mass is 35.5. The average molecular weight is 486 g/mol. The van der Waals surface area contributed by atoms with Crippen LogP contribution in [0.3, 0.4) is 0 Å². The Morgan fingerprint density at radius 2 is 2.06 bits per heavy atom. The van der Waals surface area contributed by atoms with E-state index < -0.39 is 11.6 Å². The summed E-state index contributed by atoms with van der Waals surface area (Å²) >= 11 is 6.14. The van der Waals surface area contributed by atoms with E-state index in [1.165, 1.54) is 16.9 Å². The van der Waals surface area contributed by atoms with Crippen molar-refractivity contribution in [3.63, 3.8) is 0 Å². The zero-order valence-electron chi connectivity index (χ0n) is 18.8. The van der Waals surface area contributed by atoms with Gasteiger partial charge in [-0.1, -0.05) is 49.4 Å². The fraction of sp³-hybridized carbons (Fsp3) is 0.417. The van der Waals surface area contributed by atoms with E-state index in [-0.39, 0.29) is 18.3 Å². The Hall–Kier alpha value is -3.17. The van der Waals surface area contributed by atoms with Gasteiger partial charge < -0.3 is 15.2 Å². The molecule has 0 bridgehead atoms. The first-order valence-electron chi connectivity index (χ1n) is 11.5. The van der Waals surface area contributed by atoms with Crippen molar-refractivity contribution in [3.05, 3.63) is 64.2 Å². The van der Waals surface area contributed by atoms with Gasteiger partial charge in [-0.05, 0) is 30.9 Å². The standard InChI is InChI=1S/C24H28ClN5O4/c25-19-8-3-4-9-21(19)34-18-15-23(32)30(26-16-18)20(14-17-6-1-2-7-17)24(33)27-22-10-12-29(28-22)11-5-13-31/h3-4,8-10,12,15-17,20,31H,1-2,5-7,11,13-14H2,(H,27,28,33). The van der Waals surface area contributed by atoms with Crippen molar-refractivity contribution in [2.45, 2.75) is 51.1 Å². The van der Waals surface area contributed by atoms with Crippen LogP contribution in [0.4, 0.5) is 5.82 Å². The maximum Gasteiger partial charge on any atom is 0.271 e. The Labute approximate surface area is 202 Å². The van der Waals surface area contributed by atoms with Gasteiger partial charge in [-0.3, -0.25) is 14.3 Å². The SMILES string of the molecule is O=C(Nc1ccn(CCCO)n1)C(CC1CCCC1)n1ncc(Oc2ccccc2Cl)cc1=O. The maximum absolute atomic E-state index is 13.2. The lowest BCUT2D eigenvalue weighted by atomic mass is 9.98. The summed E-state index contributed by atoms with van der Waals surface area (Å²) in [6.07, 6.45) is 8.56. The topological polar surface area (TPSA) is 111 Å². The first kappa shape index (κ1) is 24.0. The first-order valence-corrected chi connectivity index (χ1v) is 11.9. The predicted molar refractivity (Wildman–Crippen MR) is 128 cm³/mol. The van der Waals surface area contributed by atoms with E-state index in [1.807, 2.05) is 0 Å². The summed E-state index contributed by atoms with van der Waals surface area (Å²) in [6, 6.07) is 9.19. The van der Waals surface area contributed by atoms with E-state index >= 15 is 0 Å². The number of hydrogen-bond donors (Lipinski definition) is 2. The molecule has 1 atom stereocenters. The zero-order chi connectivity index (χ0) is 23.9. The van der Waals surface area contributed by atoms with Crippen LogP contribution in [0.5, 0.6) is 11.5 Å². The molecule has 2 aromatic heterocycles. The van der Waals surface area contributed by atoms with Crippen LogP contribution in [0.1, 0.15) is 44.6 Å². The normalized spacial score (nSPS) is 14.8. The maximum atomic E-state index is 13.2. The van der Waals surface area contributed by atoms with Crippen molar-refractivity contribution in [1.82, 2.24) is 19.6 Å². The Kier molecular flexibility index (Phi) is 7.97. The average Bonchev–Trinajstić information content (AvgIpc) is 3.50. The van der Waals surface area contributed by atoms with Gasteiger partial charge in [0, 0.05) is 31.5 Å². The molecule has 9 nitrogen and oxygen atoms in total. The van der Waals surface area contributed by atoms with Gasteiger partial charge in [0.2, 0.25) is 0 Å². The van der Waals surface area contributed by atoms with Gasteiger partial charge in [0.25, 0.3) is 11.5 Å². The van der Waals surface area contributed by atoms with E-state index in [1.54, 1.807) is 41.2 Å². The number of rotatable bonds is 10. The molecule has 34 heavy (non-hydrogen) atoms. The van der Waals surface area contributed by atoms with Crippen molar-refractivity contribution in [3.8, 4) is 11.5 Å². The van der Waals surface area contributed by atoms with Crippen LogP contribution in [0.25, 0.3) is 0 Å². The van der Waals surface area contributed by atoms with Crippen molar-refractivity contribution in [1.29, 1.82) is 0 Å². The number of carbonyl (C=O) groups is 1. The highest BCUT2D eigenvalue weighted by molar-refractivity contribution is 6.32. The molecule has 1 saturated carbocycles. The number of hydrogen-bond acceptors (Lipinski definition) is 6. The van der Waals surface area contributed by atoms with E-state index in [2.05, 4.69) is 15.5 Å². The summed E-state index contributed by atoms with van der Waals surface area (Å²) in [4.78, 5) is 26.2. The van der Waals surface area contributed by atoms with Crippen LogP contribution in [-0.4, -0.2) is 37.2 Å². The quantitative estimate of drug-likeness (QED) is 0.448. The van der Waals surface area contributed by atoms with Crippen molar-refractivity contribution in [2.24, 2.45) is 5.92 Å². The Balaban J connectivity index is 1.53. The number of halogens is 1. The highest BCUT2D eigenvalue weighted by Gasteiger charge is 2.29. The third-order valence-electron chi connectivity index (χ3n) is 5.93. The first-order chi connectivity index (χ1) is 16.5. The second-order valence-electron chi connectivity index (χ2n) is 8.44. The molecule has 0 spiro atoms. The van der Waals surface area contributed by atoms with Gasteiger partial charge in [-0.15, -0.1) is 0 Å². The summed E-state index contributed by atoms with van der Waals surface area (Å²) in [5.74, 6) is 1.07. The summed E-state index contributed by atoms with van der Waals surface area (Å²) < 4.78 is 8.58.